The molecule has 17 heavy (non-hydrogen) atoms. The van der Waals surface area contributed by atoms with Crippen molar-refractivity contribution in [3.05, 3.63) is 47.9 Å². The maximum absolute atomic E-state index is 11.4. The highest BCUT2D eigenvalue weighted by Crippen LogP contribution is 2.28. The molecular weight excluding hydrogens is 218 g/mol. The van der Waals surface area contributed by atoms with Gasteiger partial charge in [-0.2, -0.15) is 0 Å². The summed E-state index contributed by atoms with van der Waals surface area (Å²) in [5.41, 5.74) is 1.74. The Bertz CT molecular complexity index is 528. The number of hydrogen-bond donors (Lipinski definition) is 3. The number of allylic oxidation sites excluding steroid dienone is 2. The molecule has 1 aliphatic heterocycles. The van der Waals surface area contributed by atoms with Crippen molar-refractivity contribution < 1.29 is 9.59 Å². The molecule has 1 aromatic rings. The molecule has 1 fully saturated rings. The minimum atomic E-state index is -0.604. The Labute approximate surface area is 97.6 Å². The Morgan fingerprint density at radius 2 is 2.06 bits per heavy atom. The lowest BCUT2D eigenvalue weighted by Gasteiger charge is -2.33. The number of carbonyl (C=O) groups excluding carboxylic acids is 2. The summed E-state index contributed by atoms with van der Waals surface area (Å²) in [5.74, 6) is -1.17. The molecule has 2 unspecified atom stereocenters. The average Bonchev–Trinajstić information content (AvgIpc) is 2.83. The second kappa shape index (κ2) is 3.62. The van der Waals surface area contributed by atoms with Crippen LogP contribution in [0.4, 0.5) is 0 Å². The quantitative estimate of drug-likeness (QED) is 0.600. The molecule has 1 aliphatic carbocycles. The van der Waals surface area contributed by atoms with Gasteiger partial charge in [-0.05, 0) is 18.2 Å². The maximum atomic E-state index is 11.4. The third-order valence-electron chi connectivity index (χ3n) is 3.02. The molecule has 3 rings (SSSR count). The van der Waals surface area contributed by atoms with Crippen molar-refractivity contribution in [2.45, 2.75) is 12.0 Å². The molecule has 0 spiro atoms. The van der Waals surface area contributed by atoms with Gasteiger partial charge in [0.25, 0.3) is 0 Å². The molecule has 2 atom stereocenters. The predicted octanol–water partition coefficient (Wildman–Crippen LogP) is 0.167. The van der Waals surface area contributed by atoms with Gasteiger partial charge in [0, 0.05) is 23.5 Å². The lowest BCUT2D eigenvalue weighted by atomic mass is 9.88. The van der Waals surface area contributed by atoms with Gasteiger partial charge < -0.3 is 15.6 Å². The zero-order valence-corrected chi connectivity index (χ0v) is 8.94. The van der Waals surface area contributed by atoms with E-state index >= 15 is 0 Å². The molecule has 0 bridgehead atoms. The summed E-state index contributed by atoms with van der Waals surface area (Å²) in [4.78, 5) is 25.7. The Hall–Kier alpha value is -2.30. The van der Waals surface area contributed by atoms with Crippen LogP contribution in [0.2, 0.25) is 0 Å². The van der Waals surface area contributed by atoms with Gasteiger partial charge >= 0.3 is 11.8 Å². The van der Waals surface area contributed by atoms with Crippen LogP contribution in [0.3, 0.4) is 0 Å². The first-order chi connectivity index (χ1) is 8.25. The zero-order valence-electron chi connectivity index (χ0n) is 8.94. The second-order valence-corrected chi connectivity index (χ2v) is 4.06. The van der Waals surface area contributed by atoms with Crippen LogP contribution in [0, 0.1) is 0 Å². The van der Waals surface area contributed by atoms with E-state index in [0.29, 0.717) is 0 Å². The fourth-order valence-corrected chi connectivity index (χ4v) is 2.20. The first-order valence-electron chi connectivity index (χ1n) is 5.39. The summed E-state index contributed by atoms with van der Waals surface area (Å²) in [7, 11) is 0. The van der Waals surface area contributed by atoms with Crippen LogP contribution in [-0.4, -0.2) is 22.8 Å². The van der Waals surface area contributed by atoms with Crippen molar-refractivity contribution in [2.24, 2.45) is 0 Å². The Balaban J connectivity index is 1.95. The SMILES string of the molecule is O=C1NC2=CC=CC(c3ccc[nH]3)C2NC1=O. The van der Waals surface area contributed by atoms with Crippen molar-refractivity contribution in [3.63, 3.8) is 0 Å². The highest BCUT2D eigenvalue weighted by atomic mass is 16.2. The van der Waals surface area contributed by atoms with Gasteiger partial charge in [-0.3, -0.25) is 9.59 Å². The number of aromatic nitrogens is 1. The number of rotatable bonds is 1. The fourth-order valence-electron chi connectivity index (χ4n) is 2.20. The molecule has 2 heterocycles. The summed E-state index contributed by atoms with van der Waals surface area (Å²) in [6, 6.07) is 3.66. The maximum Gasteiger partial charge on any atom is 0.313 e. The molecule has 0 aromatic carbocycles. The number of fused-ring (bicyclic) bond motifs is 1. The third kappa shape index (κ3) is 1.56. The second-order valence-electron chi connectivity index (χ2n) is 4.06. The molecule has 5 heteroatoms. The normalized spacial score (nSPS) is 26.9. The van der Waals surface area contributed by atoms with Gasteiger partial charge in [-0.1, -0.05) is 12.2 Å². The zero-order chi connectivity index (χ0) is 11.8. The molecule has 86 valence electrons. The average molecular weight is 229 g/mol. The minimum absolute atomic E-state index is 0.0227. The van der Waals surface area contributed by atoms with E-state index in [1.807, 2.05) is 30.5 Å². The molecular formula is C12H11N3O2. The van der Waals surface area contributed by atoms with Crippen LogP contribution in [-0.2, 0) is 9.59 Å². The van der Waals surface area contributed by atoms with Gasteiger partial charge in [-0.25, -0.2) is 0 Å². The van der Waals surface area contributed by atoms with E-state index in [1.54, 1.807) is 6.08 Å². The Morgan fingerprint density at radius 3 is 2.82 bits per heavy atom. The summed E-state index contributed by atoms with van der Waals surface area (Å²) in [6.07, 6.45) is 7.53. The van der Waals surface area contributed by atoms with E-state index in [4.69, 9.17) is 0 Å². The lowest BCUT2D eigenvalue weighted by molar-refractivity contribution is -0.140. The van der Waals surface area contributed by atoms with Crippen LogP contribution < -0.4 is 10.6 Å². The molecule has 5 nitrogen and oxygen atoms in total. The summed E-state index contributed by atoms with van der Waals surface area (Å²) < 4.78 is 0. The highest BCUT2D eigenvalue weighted by Gasteiger charge is 2.35. The van der Waals surface area contributed by atoms with Crippen molar-refractivity contribution in [2.75, 3.05) is 0 Å². The standard InChI is InChI=1S/C12H11N3O2/c16-11-12(17)15-10-7(8-5-2-6-13-8)3-1-4-9(10)14-11/h1-7,10,13H,(H,14,16)(H,15,17). The van der Waals surface area contributed by atoms with E-state index < -0.39 is 11.8 Å². The largest absolute Gasteiger partial charge is 0.364 e. The van der Waals surface area contributed by atoms with Crippen LogP contribution in [0.25, 0.3) is 0 Å². The number of carbonyl (C=O) groups is 2. The van der Waals surface area contributed by atoms with E-state index in [-0.39, 0.29) is 12.0 Å². The summed E-state index contributed by atoms with van der Waals surface area (Å²) in [5, 5.41) is 5.32. The van der Waals surface area contributed by atoms with Crippen LogP contribution in [0.1, 0.15) is 11.6 Å². The molecule has 0 radical (unpaired) electrons. The van der Waals surface area contributed by atoms with Crippen LogP contribution >= 0.6 is 0 Å². The third-order valence-corrected chi connectivity index (χ3v) is 3.02. The molecule has 3 N–H and O–H groups in total. The minimum Gasteiger partial charge on any atom is -0.364 e. The molecule has 0 saturated carbocycles. The monoisotopic (exact) mass is 229 g/mol. The lowest BCUT2D eigenvalue weighted by Crippen LogP contribution is -2.56. The summed E-state index contributed by atoms with van der Waals surface area (Å²) in [6.45, 7) is 0. The van der Waals surface area contributed by atoms with Gasteiger partial charge in [0.1, 0.15) is 0 Å². The molecule has 2 amide bonds. The van der Waals surface area contributed by atoms with Gasteiger partial charge in [0.15, 0.2) is 0 Å². The molecule has 2 aliphatic rings. The number of H-pyrrole nitrogens is 1. The van der Waals surface area contributed by atoms with Gasteiger partial charge in [0.05, 0.1) is 6.04 Å². The summed E-state index contributed by atoms with van der Waals surface area (Å²) >= 11 is 0. The fraction of sp³-hybridized carbons (Fsp3) is 0.167. The molecule has 1 aromatic heterocycles. The number of amides is 2. The van der Waals surface area contributed by atoms with Gasteiger partial charge in [-0.15, -0.1) is 0 Å². The number of hydrogen-bond acceptors (Lipinski definition) is 2. The van der Waals surface area contributed by atoms with Crippen LogP contribution in [0.15, 0.2) is 42.3 Å². The number of nitrogens with one attached hydrogen (secondary N) is 3. The number of piperazine rings is 1. The van der Waals surface area contributed by atoms with Gasteiger partial charge in [0.2, 0.25) is 0 Å². The Kier molecular flexibility index (Phi) is 2.11. The van der Waals surface area contributed by atoms with E-state index in [1.165, 1.54) is 0 Å². The van der Waals surface area contributed by atoms with E-state index in [9.17, 15) is 9.59 Å². The predicted molar refractivity (Wildman–Crippen MR) is 60.8 cm³/mol. The van der Waals surface area contributed by atoms with E-state index in [2.05, 4.69) is 15.6 Å². The Morgan fingerprint density at radius 1 is 1.18 bits per heavy atom. The topological polar surface area (TPSA) is 74.0 Å². The van der Waals surface area contributed by atoms with E-state index in [0.717, 1.165) is 11.4 Å². The van der Waals surface area contributed by atoms with Crippen molar-refractivity contribution in [3.8, 4) is 0 Å². The highest BCUT2D eigenvalue weighted by molar-refractivity contribution is 6.36. The number of aromatic amines is 1. The first kappa shape index (κ1) is 9.89. The first-order valence-corrected chi connectivity index (χ1v) is 5.39. The smallest absolute Gasteiger partial charge is 0.313 e. The van der Waals surface area contributed by atoms with Crippen molar-refractivity contribution >= 4 is 11.8 Å². The van der Waals surface area contributed by atoms with Crippen molar-refractivity contribution in [1.29, 1.82) is 0 Å². The van der Waals surface area contributed by atoms with Crippen LogP contribution in [0.5, 0.6) is 0 Å². The van der Waals surface area contributed by atoms with Crippen molar-refractivity contribution in [1.82, 2.24) is 15.6 Å². The molecule has 1 saturated heterocycles.